The van der Waals surface area contributed by atoms with Gasteiger partial charge in [0.05, 0.1) is 16.8 Å². The van der Waals surface area contributed by atoms with E-state index in [1.54, 1.807) is 0 Å². The molecule has 4 rings (SSSR count). The van der Waals surface area contributed by atoms with Crippen LogP contribution in [0, 0.1) is 12.7 Å². The van der Waals surface area contributed by atoms with Crippen LogP contribution in [0.15, 0.2) is 54.6 Å². The monoisotopic (exact) mass is 570 g/mol. The molecule has 3 aromatic rings. The lowest BCUT2D eigenvalue weighted by atomic mass is 9.87. The molecule has 206 valence electrons. The molecule has 0 unspecified atom stereocenters. The van der Waals surface area contributed by atoms with Crippen LogP contribution in [0.25, 0.3) is 0 Å². The zero-order chi connectivity index (χ0) is 28.9. The third kappa shape index (κ3) is 5.33. The third-order valence-electron chi connectivity index (χ3n) is 6.63. The van der Waals surface area contributed by atoms with E-state index in [4.69, 9.17) is 11.6 Å². The Morgan fingerprint density at radius 3 is 2.38 bits per heavy atom. The molecule has 0 saturated heterocycles. The summed E-state index contributed by atoms with van der Waals surface area (Å²) in [6, 6.07) is 9.29. The first-order valence-electron chi connectivity index (χ1n) is 11.5. The Labute approximate surface area is 224 Å². The fourth-order valence-corrected chi connectivity index (χ4v) is 4.56. The molecule has 1 aliphatic rings. The van der Waals surface area contributed by atoms with Crippen molar-refractivity contribution >= 4 is 34.8 Å². The Morgan fingerprint density at radius 2 is 1.74 bits per heavy atom. The van der Waals surface area contributed by atoms with Gasteiger partial charge in [0.2, 0.25) is 0 Å². The van der Waals surface area contributed by atoms with Crippen molar-refractivity contribution in [2.24, 2.45) is 0 Å². The van der Waals surface area contributed by atoms with Crippen molar-refractivity contribution < 1.29 is 41.0 Å². The maximum atomic E-state index is 14.8. The first-order chi connectivity index (χ1) is 18.0. The molecule has 0 bridgehead atoms. The number of halogens is 7. The fraction of sp³-hybridized carbons (Fsp3) is 0.259. The van der Waals surface area contributed by atoms with Gasteiger partial charge in [-0.05, 0) is 74.0 Å². The Hall–Kier alpha value is -3.57. The number of rotatable bonds is 3. The van der Waals surface area contributed by atoms with E-state index in [1.165, 1.54) is 43.3 Å². The number of anilines is 2. The first-order valence-corrected chi connectivity index (χ1v) is 11.9. The second-order valence-electron chi connectivity index (χ2n) is 9.32. The highest BCUT2D eigenvalue weighted by atomic mass is 35.5. The van der Waals surface area contributed by atoms with Gasteiger partial charge in [0.1, 0.15) is 5.82 Å². The van der Waals surface area contributed by atoms with Gasteiger partial charge in [-0.1, -0.05) is 11.6 Å². The molecule has 0 aliphatic carbocycles. The number of aliphatic hydroxyl groups is 1. The van der Waals surface area contributed by atoms with Crippen molar-refractivity contribution in [3.63, 3.8) is 0 Å². The number of carbonyl (C=O) groups excluding carboxylic acids is 2. The summed E-state index contributed by atoms with van der Waals surface area (Å²) in [6.07, 6.45) is -5.75. The SMILES string of the molecule is Cc1cc(C(=O)N2CCC(F)(F)[C@](C)(O)c3cc(Cl)ccc32)ccc1NC(=O)c1cc(F)ccc1C(F)(F)F. The number of nitrogens with zero attached hydrogens (tertiary/aromatic N) is 1. The summed E-state index contributed by atoms with van der Waals surface area (Å²) < 4.78 is 83.2. The summed E-state index contributed by atoms with van der Waals surface area (Å²) in [5, 5.41) is 13.1. The van der Waals surface area contributed by atoms with Crippen molar-refractivity contribution in [3.05, 3.63) is 93.3 Å². The van der Waals surface area contributed by atoms with Crippen LogP contribution in [0.1, 0.15) is 50.8 Å². The highest BCUT2D eigenvalue weighted by Crippen LogP contribution is 2.47. The van der Waals surface area contributed by atoms with Crippen LogP contribution in [-0.4, -0.2) is 29.4 Å². The number of nitrogens with one attached hydrogen (secondary N) is 1. The highest BCUT2D eigenvalue weighted by molar-refractivity contribution is 6.30. The predicted octanol–water partition coefficient (Wildman–Crippen LogP) is 6.95. The Bertz CT molecular complexity index is 1470. The van der Waals surface area contributed by atoms with Gasteiger partial charge in [0.15, 0.2) is 5.60 Å². The molecule has 0 aromatic heterocycles. The number of benzene rings is 3. The minimum Gasteiger partial charge on any atom is -0.379 e. The van der Waals surface area contributed by atoms with E-state index in [0.717, 1.165) is 11.8 Å². The molecule has 1 aliphatic heterocycles. The van der Waals surface area contributed by atoms with E-state index >= 15 is 0 Å². The quantitative estimate of drug-likeness (QED) is 0.335. The van der Waals surface area contributed by atoms with Gasteiger partial charge in [0.25, 0.3) is 17.7 Å². The van der Waals surface area contributed by atoms with E-state index in [2.05, 4.69) is 5.32 Å². The number of amides is 2. The molecule has 0 radical (unpaired) electrons. The minimum atomic E-state index is -4.90. The third-order valence-corrected chi connectivity index (χ3v) is 6.87. The smallest absolute Gasteiger partial charge is 0.379 e. The molecule has 0 fully saturated rings. The number of alkyl halides is 5. The normalized spacial score (nSPS) is 18.8. The highest BCUT2D eigenvalue weighted by Gasteiger charge is 2.53. The Balaban J connectivity index is 1.65. The van der Waals surface area contributed by atoms with Crippen LogP contribution in [-0.2, 0) is 11.8 Å². The van der Waals surface area contributed by atoms with Crippen LogP contribution >= 0.6 is 11.6 Å². The van der Waals surface area contributed by atoms with Crippen molar-refractivity contribution in [2.45, 2.75) is 38.0 Å². The van der Waals surface area contributed by atoms with Crippen LogP contribution in [0.5, 0.6) is 0 Å². The number of aryl methyl sites for hydroxylation is 1. The van der Waals surface area contributed by atoms with E-state index in [9.17, 15) is 41.0 Å². The molecule has 12 heteroatoms. The maximum absolute atomic E-state index is 14.8. The molecule has 39 heavy (non-hydrogen) atoms. The second-order valence-corrected chi connectivity index (χ2v) is 9.75. The summed E-state index contributed by atoms with van der Waals surface area (Å²) in [6.45, 7) is 1.98. The average Bonchev–Trinajstić information content (AvgIpc) is 2.91. The van der Waals surface area contributed by atoms with E-state index < -0.39 is 59.4 Å². The molecule has 1 atom stereocenters. The molecular formula is C27H21ClF6N2O3. The molecule has 2 amide bonds. The van der Waals surface area contributed by atoms with Gasteiger partial charge in [-0.3, -0.25) is 9.59 Å². The van der Waals surface area contributed by atoms with E-state index in [-0.39, 0.29) is 33.1 Å². The fourth-order valence-electron chi connectivity index (χ4n) is 4.39. The van der Waals surface area contributed by atoms with E-state index in [1.807, 2.05) is 0 Å². The largest absolute Gasteiger partial charge is 0.417 e. The van der Waals surface area contributed by atoms with Gasteiger partial charge in [-0.15, -0.1) is 0 Å². The lowest BCUT2D eigenvalue weighted by molar-refractivity contribution is -0.177. The lowest BCUT2D eigenvalue weighted by Gasteiger charge is -2.32. The Kier molecular flexibility index (Phi) is 7.20. The lowest BCUT2D eigenvalue weighted by Crippen LogP contribution is -2.42. The minimum absolute atomic E-state index is 0.0259. The van der Waals surface area contributed by atoms with Crippen molar-refractivity contribution in [1.82, 2.24) is 0 Å². The standard InChI is InChI=1S/C27H21ClF6N2O3/c1-14-11-15(3-7-21(14)35-23(37)18-13-17(29)5-6-19(18)27(32,33)34)24(38)36-10-9-26(30,31)25(2,39)20-12-16(28)4-8-22(20)36/h3-8,11-13,39H,9-10H2,1-2H3,(H,35,37)/t25-/m1/s1. The second kappa shape index (κ2) is 9.87. The molecule has 5 nitrogen and oxygen atoms in total. The number of hydrogen-bond acceptors (Lipinski definition) is 3. The number of hydrogen-bond donors (Lipinski definition) is 2. The van der Waals surface area contributed by atoms with Gasteiger partial charge >= 0.3 is 6.18 Å². The molecule has 0 saturated carbocycles. The maximum Gasteiger partial charge on any atom is 0.417 e. The summed E-state index contributed by atoms with van der Waals surface area (Å²) >= 11 is 5.98. The van der Waals surface area contributed by atoms with E-state index in [0.29, 0.717) is 18.2 Å². The van der Waals surface area contributed by atoms with Crippen molar-refractivity contribution in [3.8, 4) is 0 Å². The first kappa shape index (κ1) is 28.4. The Morgan fingerprint density at radius 1 is 1.05 bits per heavy atom. The summed E-state index contributed by atoms with van der Waals surface area (Å²) in [7, 11) is 0. The molecular weight excluding hydrogens is 550 g/mol. The summed E-state index contributed by atoms with van der Waals surface area (Å²) in [5.41, 5.74) is -4.71. The van der Waals surface area contributed by atoms with Crippen LogP contribution in [0.3, 0.4) is 0 Å². The van der Waals surface area contributed by atoms with Crippen LogP contribution in [0.2, 0.25) is 5.02 Å². The van der Waals surface area contributed by atoms with Gasteiger partial charge in [-0.25, -0.2) is 13.2 Å². The summed E-state index contributed by atoms with van der Waals surface area (Å²) in [4.78, 5) is 27.1. The van der Waals surface area contributed by atoms with Gasteiger partial charge in [0, 0.05) is 34.8 Å². The predicted molar refractivity (Wildman–Crippen MR) is 133 cm³/mol. The zero-order valence-electron chi connectivity index (χ0n) is 20.5. The molecule has 3 aromatic carbocycles. The average molecular weight is 571 g/mol. The zero-order valence-corrected chi connectivity index (χ0v) is 21.2. The topological polar surface area (TPSA) is 69.6 Å². The van der Waals surface area contributed by atoms with Gasteiger partial charge < -0.3 is 15.3 Å². The van der Waals surface area contributed by atoms with Crippen LogP contribution < -0.4 is 10.2 Å². The van der Waals surface area contributed by atoms with Crippen molar-refractivity contribution in [2.75, 3.05) is 16.8 Å². The van der Waals surface area contributed by atoms with Crippen LogP contribution in [0.4, 0.5) is 37.7 Å². The number of carbonyl (C=O) groups is 2. The van der Waals surface area contributed by atoms with Crippen molar-refractivity contribution in [1.29, 1.82) is 0 Å². The number of fused-ring (bicyclic) bond motifs is 1. The van der Waals surface area contributed by atoms with Gasteiger partial charge in [-0.2, -0.15) is 13.2 Å². The molecule has 1 heterocycles. The molecule has 0 spiro atoms. The molecule has 2 N–H and O–H groups in total. The summed E-state index contributed by atoms with van der Waals surface area (Å²) in [5.74, 6) is -6.53.